The first-order valence-electron chi connectivity index (χ1n) is 11.6. The first-order chi connectivity index (χ1) is 17.4. The molecule has 2 aromatic rings. The number of hydrogen-bond donors (Lipinski definition) is 2. The number of ether oxygens (including phenoxy) is 4. The van der Waals surface area contributed by atoms with Gasteiger partial charge in [0, 0.05) is 31.3 Å². The average Bonchev–Trinajstić information content (AvgIpc) is 2.82. The Kier molecular flexibility index (Phi) is 6.44. The van der Waals surface area contributed by atoms with Gasteiger partial charge in [0.15, 0.2) is 11.5 Å². The average molecular weight is 508 g/mol. The summed E-state index contributed by atoms with van der Waals surface area (Å²) in [4.78, 5) is 26.1. The van der Waals surface area contributed by atoms with Crippen molar-refractivity contribution in [3.05, 3.63) is 46.0 Å². The van der Waals surface area contributed by atoms with Crippen LogP contribution in [-0.2, 0) is 11.2 Å². The summed E-state index contributed by atoms with van der Waals surface area (Å²) >= 11 is 0. The molecule has 0 atom stereocenters. The third kappa shape index (κ3) is 4.38. The molecular formula is C28H29NO8. The SMILES string of the molecule is COc1c(CC=C(C)C)c2c(c(O)c1OC(=O)N(C)C)Oc1cc3c(c(O)c1C2=C=O)C=CC(C)(C)O3. The number of methoxy groups -OCH3 is 1. The second-order valence-electron chi connectivity index (χ2n) is 9.77. The molecule has 0 aromatic heterocycles. The van der Waals surface area contributed by atoms with Crippen molar-refractivity contribution in [2.45, 2.75) is 39.7 Å². The number of amides is 1. The zero-order chi connectivity index (χ0) is 27.2. The van der Waals surface area contributed by atoms with Crippen LogP contribution in [0.4, 0.5) is 4.79 Å². The molecule has 0 saturated heterocycles. The second kappa shape index (κ2) is 9.26. The lowest BCUT2D eigenvalue weighted by atomic mass is 9.86. The van der Waals surface area contributed by atoms with E-state index in [1.807, 2.05) is 39.7 Å². The summed E-state index contributed by atoms with van der Waals surface area (Å²) in [5, 5.41) is 22.5. The summed E-state index contributed by atoms with van der Waals surface area (Å²) in [5.74, 6) is 1.24. The van der Waals surface area contributed by atoms with E-state index in [0.29, 0.717) is 16.9 Å². The van der Waals surface area contributed by atoms with Crippen molar-refractivity contribution in [1.29, 1.82) is 0 Å². The molecule has 2 aliphatic rings. The Morgan fingerprint density at radius 2 is 1.84 bits per heavy atom. The fourth-order valence-corrected chi connectivity index (χ4v) is 4.21. The van der Waals surface area contributed by atoms with Gasteiger partial charge in [0.05, 0.1) is 23.8 Å². The quantitative estimate of drug-likeness (QED) is 0.365. The fourth-order valence-electron chi connectivity index (χ4n) is 4.21. The lowest BCUT2D eigenvalue weighted by Crippen LogP contribution is -2.27. The zero-order valence-electron chi connectivity index (χ0n) is 21.8. The van der Waals surface area contributed by atoms with E-state index in [4.69, 9.17) is 18.9 Å². The summed E-state index contributed by atoms with van der Waals surface area (Å²) in [5.41, 5.74) is 1.38. The Balaban J connectivity index is 2.04. The van der Waals surface area contributed by atoms with Crippen LogP contribution in [-0.4, -0.2) is 54.0 Å². The maximum atomic E-state index is 12.5. The molecule has 0 radical (unpaired) electrons. The van der Waals surface area contributed by atoms with Crippen molar-refractivity contribution in [3.8, 4) is 40.2 Å². The van der Waals surface area contributed by atoms with E-state index >= 15 is 0 Å². The number of allylic oxidation sites excluding steroid dienone is 2. The number of phenolic OH excluding ortho intramolecular Hbond substituents is 2. The van der Waals surface area contributed by atoms with E-state index in [9.17, 15) is 19.8 Å². The van der Waals surface area contributed by atoms with Crippen LogP contribution in [0.5, 0.6) is 40.2 Å². The van der Waals surface area contributed by atoms with Crippen LogP contribution in [0.1, 0.15) is 49.9 Å². The standard InChI is InChI=1S/C28H29NO8/c1-14(2)8-9-16-20-17(13-30)21-19(12-18-15(22(21)31)10-11-28(3,4)37-18)35-25(20)23(32)26(24(16)34-7)36-27(33)29(5)6/h8,10-12,31-32H,9H2,1-7H3. The smallest absolute Gasteiger partial charge is 0.414 e. The highest BCUT2D eigenvalue weighted by atomic mass is 16.6. The van der Waals surface area contributed by atoms with E-state index in [2.05, 4.69) is 0 Å². The largest absolute Gasteiger partial charge is 0.506 e. The number of nitrogens with zero attached hydrogens (tertiary/aromatic N) is 1. The maximum Gasteiger partial charge on any atom is 0.414 e. The van der Waals surface area contributed by atoms with E-state index in [1.54, 1.807) is 18.2 Å². The Hall–Kier alpha value is -4.36. The minimum absolute atomic E-state index is 0.0361. The van der Waals surface area contributed by atoms with E-state index in [-0.39, 0.29) is 51.9 Å². The van der Waals surface area contributed by atoms with Crippen molar-refractivity contribution in [1.82, 2.24) is 4.90 Å². The summed E-state index contributed by atoms with van der Waals surface area (Å²) in [6.45, 7) is 7.52. The van der Waals surface area contributed by atoms with Gasteiger partial charge in [0.1, 0.15) is 28.8 Å². The Bertz CT molecular complexity index is 1420. The molecule has 1 amide bonds. The number of carbonyl (C=O) groups is 1. The summed E-state index contributed by atoms with van der Waals surface area (Å²) < 4.78 is 23.1. The van der Waals surface area contributed by atoms with Crippen molar-refractivity contribution in [2.75, 3.05) is 21.2 Å². The van der Waals surface area contributed by atoms with E-state index < -0.39 is 17.4 Å². The van der Waals surface area contributed by atoms with Gasteiger partial charge in [0.25, 0.3) is 0 Å². The molecule has 194 valence electrons. The molecule has 0 saturated carbocycles. The van der Waals surface area contributed by atoms with Crippen LogP contribution in [0.15, 0.2) is 23.8 Å². The van der Waals surface area contributed by atoms with Gasteiger partial charge in [-0.2, -0.15) is 0 Å². The molecule has 2 aromatic carbocycles. The molecule has 0 bridgehead atoms. The number of benzene rings is 2. The minimum Gasteiger partial charge on any atom is -0.506 e. The molecular weight excluding hydrogens is 478 g/mol. The number of phenols is 2. The fraction of sp³-hybridized carbons (Fsp3) is 0.321. The van der Waals surface area contributed by atoms with Crippen LogP contribution in [0.25, 0.3) is 11.6 Å². The maximum absolute atomic E-state index is 12.5. The molecule has 2 heterocycles. The summed E-state index contributed by atoms with van der Waals surface area (Å²) in [7, 11) is 4.35. The highest BCUT2D eigenvalue weighted by Gasteiger charge is 2.38. The molecule has 0 unspecified atom stereocenters. The molecule has 2 aliphatic heterocycles. The van der Waals surface area contributed by atoms with Crippen LogP contribution in [0.2, 0.25) is 0 Å². The number of hydrogen-bond acceptors (Lipinski definition) is 8. The second-order valence-corrected chi connectivity index (χ2v) is 9.77. The van der Waals surface area contributed by atoms with Gasteiger partial charge < -0.3 is 34.1 Å². The first-order valence-corrected chi connectivity index (χ1v) is 11.6. The minimum atomic E-state index is -0.752. The van der Waals surface area contributed by atoms with Crippen molar-refractivity contribution in [3.63, 3.8) is 0 Å². The van der Waals surface area contributed by atoms with Gasteiger partial charge >= 0.3 is 6.09 Å². The highest BCUT2D eigenvalue weighted by Crippen LogP contribution is 2.59. The number of rotatable bonds is 4. The summed E-state index contributed by atoms with van der Waals surface area (Å²) in [6.07, 6.45) is 4.89. The Morgan fingerprint density at radius 1 is 1.14 bits per heavy atom. The van der Waals surface area contributed by atoms with Crippen LogP contribution < -0.4 is 18.9 Å². The monoisotopic (exact) mass is 507 g/mol. The predicted octanol–water partition coefficient (Wildman–Crippen LogP) is 5.23. The molecule has 0 aliphatic carbocycles. The lowest BCUT2D eigenvalue weighted by molar-refractivity contribution is 0.158. The van der Waals surface area contributed by atoms with Crippen LogP contribution in [0, 0.1) is 0 Å². The van der Waals surface area contributed by atoms with Crippen molar-refractivity contribution in [2.24, 2.45) is 0 Å². The third-order valence-electron chi connectivity index (χ3n) is 6.02. The molecule has 0 fully saturated rings. The first kappa shape index (κ1) is 25.7. The van der Waals surface area contributed by atoms with Crippen LogP contribution >= 0.6 is 0 Å². The van der Waals surface area contributed by atoms with Gasteiger partial charge in [0.2, 0.25) is 11.5 Å². The lowest BCUT2D eigenvalue weighted by Gasteiger charge is -2.32. The zero-order valence-corrected chi connectivity index (χ0v) is 21.8. The molecule has 0 spiro atoms. The molecule has 4 rings (SSSR count). The van der Waals surface area contributed by atoms with E-state index in [0.717, 1.165) is 5.57 Å². The van der Waals surface area contributed by atoms with E-state index in [1.165, 1.54) is 26.1 Å². The number of carbonyl (C=O) groups excluding carboxylic acids is 2. The number of aromatic hydroxyl groups is 2. The summed E-state index contributed by atoms with van der Waals surface area (Å²) in [6, 6.07) is 1.54. The Morgan fingerprint density at radius 3 is 2.43 bits per heavy atom. The van der Waals surface area contributed by atoms with Gasteiger partial charge in [-0.25, -0.2) is 9.59 Å². The predicted molar refractivity (Wildman–Crippen MR) is 138 cm³/mol. The Labute approximate surface area is 214 Å². The number of fused-ring (bicyclic) bond motifs is 3. The highest BCUT2D eigenvalue weighted by molar-refractivity contribution is 6.06. The molecule has 9 heteroatoms. The molecule has 2 N–H and O–H groups in total. The molecule has 37 heavy (non-hydrogen) atoms. The van der Waals surface area contributed by atoms with Crippen molar-refractivity contribution >= 4 is 23.7 Å². The molecule has 9 nitrogen and oxygen atoms in total. The third-order valence-corrected chi connectivity index (χ3v) is 6.02. The topological polar surface area (TPSA) is 115 Å². The normalized spacial score (nSPS) is 14.2. The van der Waals surface area contributed by atoms with Crippen LogP contribution in [0.3, 0.4) is 0 Å². The van der Waals surface area contributed by atoms with Gasteiger partial charge in [-0.15, -0.1) is 0 Å². The van der Waals surface area contributed by atoms with Crippen molar-refractivity contribution < 1.29 is 38.7 Å². The van der Waals surface area contributed by atoms with Gasteiger partial charge in [-0.1, -0.05) is 11.6 Å². The van der Waals surface area contributed by atoms with Gasteiger partial charge in [-0.3, -0.25) is 0 Å². The van der Waals surface area contributed by atoms with Gasteiger partial charge in [-0.05, 0) is 46.3 Å².